The van der Waals surface area contributed by atoms with E-state index in [0.717, 1.165) is 36.1 Å². The van der Waals surface area contributed by atoms with E-state index in [4.69, 9.17) is 4.74 Å². The van der Waals surface area contributed by atoms with E-state index in [2.05, 4.69) is 10.4 Å². The summed E-state index contributed by atoms with van der Waals surface area (Å²) in [4.78, 5) is 37.3. The number of thiophene rings is 1. The van der Waals surface area contributed by atoms with Crippen molar-refractivity contribution in [1.29, 1.82) is 0 Å². The Kier molecular flexibility index (Phi) is 6.31. The lowest BCUT2D eigenvalue weighted by Crippen LogP contribution is -2.19. The average molecular weight is 420 g/mol. The van der Waals surface area contributed by atoms with Gasteiger partial charge in [0.15, 0.2) is 0 Å². The van der Waals surface area contributed by atoms with Crippen LogP contribution in [0.25, 0.3) is 0 Å². The smallest absolute Gasteiger partial charge is 0.341 e. The maximum absolute atomic E-state index is 12.8. The first-order valence-electron chi connectivity index (χ1n) is 9.74. The Balaban J connectivity index is 1.96. The Labute approximate surface area is 172 Å². The predicted molar refractivity (Wildman–Crippen MR) is 109 cm³/mol. The molecule has 1 N–H and O–H groups in total. The van der Waals surface area contributed by atoms with E-state index in [9.17, 15) is 19.7 Å². The summed E-state index contributed by atoms with van der Waals surface area (Å²) in [5.41, 5.74) is 0.647. The van der Waals surface area contributed by atoms with E-state index < -0.39 is 16.8 Å². The highest BCUT2D eigenvalue weighted by Crippen LogP contribution is 2.39. The fourth-order valence-electron chi connectivity index (χ4n) is 3.23. The fourth-order valence-corrected chi connectivity index (χ4v) is 4.50. The van der Waals surface area contributed by atoms with Gasteiger partial charge in [0.05, 0.1) is 16.6 Å². The quantitative estimate of drug-likeness (QED) is 0.412. The maximum Gasteiger partial charge on any atom is 0.341 e. The molecular weight excluding hydrogens is 396 g/mol. The third-order valence-corrected chi connectivity index (χ3v) is 6.17. The molecule has 0 saturated carbocycles. The fraction of sp³-hybridized carbons (Fsp3) is 0.526. The Hall–Kier alpha value is -2.75. The lowest BCUT2D eigenvalue weighted by atomic mass is 9.95. The molecule has 0 spiro atoms. The standard InChI is InChI=1S/C19H24N4O5S/c1-4-11(3)28-19(25)15-12-8-6-7-9-14(12)29-18(15)20-17(24)16-13(23(26)27)10-22(5-2)21-16/h10-11H,4-9H2,1-3H3,(H,20,24). The zero-order valence-electron chi connectivity index (χ0n) is 16.7. The van der Waals surface area contributed by atoms with Crippen molar-refractivity contribution < 1.29 is 19.2 Å². The second-order valence-electron chi connectivity index (χ2n) is 6.97. The molecule has 0 aliphatic heterocycles. The molecule has 3 rings (SSSR count). The van der Waals surface area contributed by atoms with Gasteiger partial charge in [0.1, 0.15) is 11.2 Å². The lowest BCUT2D eigenvalue weighted by Gasteiger charge is -2.15. The van der Waals surface area contributed by atoms with E-state index in [0.29, 0.717) is 23.5 Å². The minimum Gasteiger partial charge on any atom is -0.459 e. The van der Waals surface area contributed by atoms with Gasteiger partial charge in [-0.05, 0) is 51.5 Å². The Morgan fingerprint density at radius 1 is 1.38 bits per heavy atom. The molecule has 10 heteroatoms. The zero-order valence-corrected chi connectivity index (χ0v) is 17.5. The van der Waals surface area contributed by atoms with Gasteiger partial charge >= 0.3 is 11.7 Å². The number of ether oxygens (including phenoxy) is 1. The van der Waals surface area contributed by atoms with Crippen LogP contribution in [0.15, 0.2) is 6.20 Å². The van der Waals surface area contributed by atoms with Crippen LogP contribution < -0.4 is 5.32 Å². The van der Waals surface area contributed by atoms with Crippen LogP contribution >= 0.6 is 11.3 Å². The van der Waals surface area contributed by atoms with E-state index in [1.165, 1.54) is 22.2 Å². The number of nitro groups is 1. The number of hydrogen-bond acceptors (Lipinski definition) is 7. The second kappa shape index (κ2) is 8.73. The number of fused-ring (bicyclic) bond motifs is 1. The van der Waals surface area contributed by atoms with Crippen LogP contribution in [0.5, 0.6) is 0 Å². The van der Waals surface area contributed by atoms with Crippen LogP contribution in [0.4, 0.5) is 10.7 Å². The molecule has 0 radical (unpaired) electrons. The van der Waals surface area contributed by atoms with Gasteiger partial charge in [-0.1, -0.05) is 6.92 Å². The number of esters is 1. The van der Waals surface area contributed by atoms with Crippen molar-refractivity contribution in [2.24, 2.45) is 0 Å². The summed E-state index contributed by atoms with van der Waals surface area (Å²) in [5.74, 6) is -1.18. The molecule has 2 heterocycles. The number of aryl methyl sites for hydroxylation is 2. The number of rotatable bonds is 7. The molecule has 2 aromatic rings. The molecule has 1 amide bonds. The summed E-state index contributed by atoms with van der Waals surface area (Å²) in [6.07, 6.45) is 5.24. The van der Waals surface area contributed by atoms with Crippen LogP contribution in [0.3, 0.4) is 0 Å². The van der Waals surface area contributed by atoms with Crippen LogP contribution in [0.1, 0.15) is 71.3 Å². The third kappa shape index (κ3) is 4.31. The van der Waals surface area contributed by atoms with Gasteiger partial charge in [-0.2, -0.15) is 5.10 Å². The number of anilines is 1. The molecule has 9 nitrogen and oxygen atoms in total. The van der Waals surface area contributed by atoms with E-state index in [1.54, 1.807) is 6.92 Å². The average Bonchev–Trinajstić information content (AvgIpc) is 3.29. The summed E-state index contributed by atoms with van der Waals surface area (Å²) in [7, 11) is 0. The number of nitrogens with zero attached hydrogens (tertiary/aromatic N) is 3. The Morgan fingerprint density at radius 2 is 2.10 bits per heavy atom. The topological polar surface area (TPSA) is 116 Å². The van der Waals surface area contributed by atoms with E-state index in [-0.39, 0.29) is 17.5 Å². The zero-order chi connectivity index (χ0) is 21.1. The molecule has 1 atom stereocenters. The van der Waals surface area contributed by atoms with Gasteiger partial charge in [-0.25, -0.2) is 4.79 Å². The highest BCUT2D eigenvalue weighted by Gasteiger charge is 2.31. The normalized spacial score (nSPS) is 14.2. The molecule has 1 unspecified atom stereocenters. The van der Waals surface area contributed by atoms with Gasteiger partial charge in [-0.15, -0.1) is 11.3 Å². The molecular formula is C19H24N4O5S. The van der Waals surface area contributed by atoms with Crippen molar-refractivity contribution in [1.82, 2.24) is 9.78 Å². The van der Waals surface area contributed by atoms with Gasteiger partial charge in [0, 0.05) is 11.4 Å². The predicted octanol–water partition coefficient (Wildman–Crippen LogP) is 3.96. The van der Waals surface area contributed by atoms with Crippen LogP contribution in [0.2, 0.25) is 0 Å². The molecule has 0 aromatic carbocycles. The van der Waals surface area contributed by atoms with Gasteiger partial charge in [0.25, 0.3) is 5.91 Å². The minimum atomic E-state index is -0.708. The largest absolute Gasteiger partial charge is 0.459 e. The Bertz CT molecular complexity index is 949. The number of nitrogens with one attached hydrogen (secondary N) is 1. The van der Waals surface area contributed by atoms with Crippen LogP contribution in [-0.2, 0) is 24.1 Å². The van der Waals surface area contributed by atoms with Gasteiger partial charge in [0.2, 0.25) is 5.69 Å². The molecule has 0 fully saturated rings. The van der Waals surface area contributed by atoms with Crippen molar-refractivity contribution >= 4 is 33.9 Å². The van der Waals surface area contributed by atoms with Gasteiger partial charge < -0.3 is 10.1 Å². The minimum absolute atomic E-state index is 0.244. The number of aromatic nitrogens is 2. The van der Waals surface area contributed by atoms with Crippen LogP contribution in [-0.4, -0.2) is 32.7 Å². The molecule has 1 aliphatic rings. The highest BCUT2D eigenvalue weighted by molar-refractivity contribution is 7.17. The summed E-state index contributed by atoms with van der Waals surface area (Å²) in [5, 5.41) is 18.4. The van der Waals surface area contributed by atoms with E-state index >= 15 is 0 Å². The summed E-state index contributed by atoms with van der Waals surface area (Å²) in [6.45, 7) is 5.91. The SMILES string of the molecule is CCC(C)OC(=O)c1c(NC(=O)c2nn(CC)cc2[N+](=O)[O-])sc2c1CCCC2. The monoisotopic (exact) mass is 420 g/mol. The van der Waals surface area contributed by atoms with Crippen molar-refractivity contribution in [3.8, 4) is 0 Å². The van der Waals surface area contributed by atoms with Crippen molar-refractivity contribution in [2.45, 2.75) is 65.5 Å². The molecule has 156 valence electrons. The number of carbonyl (C=O) groups is 2. The maximum atomic E-state index is 12.8. The van der Waals surface area contributed by atoms with E-state index in [1.807, 2.05) is 13.8 Å². The first kappa shape index (κ1) is 21.0. The Morgan fingerprint density at radius 3 is 2.76 bits per heavy atom. The number of hydrogen-bond donors (Lipinski definition) is 1. The summed E-state index contributed by atoms with van der Waals surface area (Å²) in [6, 6.07) is 0. The highest BCUT2D eigenvalue weighted by atomic mass is 32.1. The summed E-state index contributed by atoms with van der Waals surface area (Å²) >= 11 is 1.34. The molecule has 0 bridgehead atoms. The van der Waals surface area contributed by atoms with Crippen molar-refractivity contribution in [3.05, 3.63) is 38.0 Å². The first-order chi connectivity index (χ1) is 13.8. The summed E-state index contributed by atoms with van der Waals surface area (Å²) < 4.78 is 6.85. The third-order valence-electron chi connectivity index (χ3n) is 4.96. The molecule has 1 aliphatic carbocycles. The van der Waals surface area contributed by atoms with Crippen molar-refractivity contribution in [3.63, 3.8) is 0 Å². The lowest BCUT2D eigenvalue weighted by molar-refractivity contribution is -0.385. The molecule has 29 heavy (non-hydrogen) atoms. The second-order valence-corrected chi connectivity index (χ2v) is 8.07. The van der Waals surface area contributed by atoms with Crippen molar-refractivity contribution in [2.75, 3.05) is 5.32 Å². The molecule has 0 saturated heterocycles. The number of carbonyl (C=O) groups excluding carboxylic acids is 2. The molecule has 2 aromatic heterocycles. The van der Waals surface area contributed by atoms with Crippen LogP contribution in [0, 0.1) is 10.1 Å². The van der Waals surface area contributed by atoms with Gasteiger partial charge in [-0.3, -0.25) is 19.6 Å². The first-order valence-corrected chi connectivity index (χ1v) is 10.6. The number of amides is 1.